The van der Waals surface area contributed by atoms with Crippen LogP contribution in [0.25, 0.3) is 10.6 Å². The van der Waals surface area contributed by atoms with Gasteiger partial charge in [0.2, 0.25) is 5.91 Å². The van der Waals surface area contributed by atoms with Gasteiger partial charge in [0.25, 0.3) is 0 Å². The number of anilines is 1. The Morgan fingerprint density at radius 3 is 2.67 bits per heavy atom. The number of amides is 1. The van der Waals surface area contributed by atoms with Gasteiger partial charge in [0.05, 0.1) is 17.8 Å². The second-order valence-corrected chi connectivity index (χ2v) is 8.49. The molecule has 2 aromatic rings. The van der Waals surface area contributed by atoms with Gasteiger partial charge in [0.1, 0.15) is 15.8 Å². The first-order valence-electron chi connectivity index (χ1n) is 7.43. The van der Waals surface area contributed by atoms with E-state index in [0.29, 0.717) is 27.9 Å². The molecule has 0 aliphatic heterocycles. The average Bonchev–Trinajstić information content (AvgIpc) is 2.96. The number of pyridine rings is 1. The molecule has 24 heavy (non-hydrogen) atoms. The van der Waals surface area contributed by atoms with E-state index in [1.807, 2.05) is 6.92 Å². The quantitative estimate of drug-likeness (QED) is 0.785. The van der Waals surface area contributed by atoms with E-state index in [4.69, 9.17) is 0 Å². The highest BCUT2D eigenvalue weighted by atomic mass is 32.2. The number of halogens is 1. The standard InChI is InChI=1S/C16H20FN3O2S2/c1-5-20(15(21)16(2,3)10-24(4)22)13-9-19-14(23-13)11-6-12(17)8-18-7-11/h6-9H,5,10H2,1-4H3. The lowest BCUT2D eigenvalue weighted by Crippen LogP contribution is -2.43. The van der Waals surface area contributed by atoms with Crippen molar-refractivity contribution in [3.8, 4) is 10.6 Å². The highest BCUT2D eigenvalue weighted by molar-refractivity contribution is 7.84. The summed E-state index contributed by atoms with van der Waals surface area (Å²) >= 11 is 1.30. The molecule has 130 valence electrons. The van der Waals surface area contributed by atoms with Gasteiger partial charge in [-0.3, -0.25) is 14.0 Å². The summed E-state index contributed by atoms with van der Waals surface area (Å²) in [6.45, 7) is 5.93. The van der Waals surface area contributed by atoms with Gasteiger partial charge in [-0.15, -0.1) is 0 Å². The molecule has 0 saturated carbocycles. The summed E-state index contributed by atoms with van der Waals surface area (Å²) < 4.78 is 24.8. The minimum atomic E-state index is -1.07. The third kappa shape index (κ3) is 4.24. The number of aromatic nitrogens is 2. The van der Waals surface area contributed by atoms with E-state index in [-0.39, 0.29) is 5.91 Å². The van der Waals surface area contributed by atoms with Gasteiger partial charge in [0.15, 0.2) is 0 Å². The first kappa shape index (κ1) is 18.7. The Kier molecular flexibility index (Phi) is 5.82. The van der Waals surface area contributed by atoms with Crippen LogP contribution in [0.1, 0.15) is 20.8 Å². The first-order valence-corrected chi connectivity index (χ1v) is 9.97. The molecule has 0 aliphatic carbocycles. The molecule has 0 bridgehead atoms. The highest BCUT2D eigenvalue weighted by Gasteiger charge is 2.34. The van der Waals surface area contributed by atoms with Crippen molar-refractivity contribution >= 4 is 33.0 Å². The summed E-state index contributed by atoms with van der Waals surface area (Å²) in [7, 11) is -1.07. The largest absolute Gasteiger partial charge is 0.302 e. The maximum atomic E-state index is 13.3. The zero-order valence-electron chi connectivity index (χ0n) is 14.1. The molecule has 5 nitrogen and oxygen atoms in total. The van der Waals surface area contributed by atoms with Crippen molar-refractivity contribution in [2.45, 2.75) is 20.8 Å². The Labute approximate surface area is 147 Å². The van der Waals surface area contributed by atoms with E-state index < -0.39 is 22.0 Å². The Bertz CT molecular complexity index is 761. The van der Waals surface area contributed by atoms with Crippen LogP contribution in [0.2, 0.25) is 0 Å². The fourth-order valence-corrected chi connectivity index (χ4v) is 4.49. The molecule has 8 heteroatoms. The van der Waals surface area contributed by atoms with Crippen molar-refractivity contribution < 1.29 is 13.4 Å². The lowest BCUT2D eigenvalue weighted by molar-refractivity contribution is -0.125. The fourth-order valence-electron chi connectivity index (χ4n) is 2.39. The molecule has 0 spiro atoms. The predicted molar refractivity (Wildman–Crippen MR) is 96.0 cm³/mol. The normalized spacial score (nSPS) is 12.9. The molecule has 0 aliphatic rings. The second kappa shape index (κ2) is 7.48. The highest BCUT2D eigenvalue weighted by Crippen LogP contribution is 2.33. The minimum absolute atomic E-state index is 0.104. The Balaban J connectivity index is 2.29. The molecule has 1 atom stereocenters. The van der Waals surface area contributed by atoms with Crippen LogP contribution in [0.5, 0.6) is 0 Å². The van der Waals surface area contributed by atoms with E-state index >= 15 is 0 Å². The van der Waals surface area contributed by atoms with Crippen LogP contribution >= 0.6 is 11.3 Å². The zero-order chi connectivity index (χ0) is 17.9. The topological polar surface area (TPSA) is 63.2 Å². The van der Waals surface area contributed by atoms with Crippen LogP contribution in [0.3, 0.4) is 0 Å². The third-order valence-corrected chi connectivity index (χ3v) is 5.61. The van der Waals surface area contributed by atoms with Crippen LogP contribution in [-0.2, 0) is 15.6 Å². The van der Waals surface area contributed by atoms with Crippen molar-refractivity contribution in [1.82, 2.24) is 9.97 Å². The van der Waals surface area contributed by atoms with Crippen molar-refractivity contribution in [1.29, 1.82) is 0 Å². The van der Waals surface area contributed by atoms with Gasteiger partial charge in [-0.05, 0) is 13.0 Å². The van der Waals surface area contributed by atoms with Crippen LogP contribution in [0.4, 0.5) is 9.39 Å². The number of hydrogen-bond acceptors (Lipinski definition) is 5. The SMILES string of the molecule is CCN(C(=O)C(C)(C)CS(C)=O)c1cnc(-c2cncc(F)c2)s1. The van der Waals surface area contributed by atoms with Gasteiger partial charge >= 0.3 is 0 Å². The van der Waals surface area contributed by atoms with Crippen molar-refractivity contribution in [3.63, 3.8) is 0 Å². The Morgan fingerprint density at radius 2 is 2.08 bits per heavy atom. The van der Waals surface area contributed by atoms with Gasteiger partial charge in [-0.25, -0.2) is 9.37 Å². The van der Waals surface area contributed by atoms with Crippen molar-refractivity contribution in [2.24, 2.45) is 5.41 Å². The molecule has 0 aromatic carbocycles. The van der Waals surface area contributed by atoms with E-state index in [1.165, 1.54) is 23.6 Å². The predicted octanol–water partition coefficient (Wildman–Crippen LogP) is 3.10. The number of thiazole rings is 1. The summed E-state index contributed by atoms with van der Waals surface area (Å²) in [5.74, 6) is -0.242. The van der Waals surface area contributed by atoms with Crippen LogP contribution in [0, 0.1) is 11.2 Å². The maximum Gasteiger partial charge on any atom is 0.234 e. The molecule has 2 aromatic heterocycles. The molecule has 1 amide bonds. The van der Waals surface area contributed by atoms with Gasteiger partial charge in [0, 0.05) is 41.1 Å². The van der Waals surface area contributed by atoms with Crippen LogP contribution in [-0.4, -0.2) is 38.6 Å². The molecule has 1 unspecified atom stereocenters. The van der Waals surface area contributed by atoms with Crippen LogP contribution in [0.15, 0.2) is 24.7 Å². The van der Waals surface area contributed by atoms with Crippen molar-refractivity contribution in [2.75, 3.05) is 23.5 Å². The zero-order valence-corrected chi connectivity index (χ0v) is 15.7. The van der Waals surface area contributed by atoms with Crippen LogP contribution < -0.4 is 4.90 Å². The van der Waals surface area contributed by atoms with E-state index in [0.717, 1.165) is 6.20 Å². The summed E-state index contributed by atoms with van der Waals surface area (Å²) in [6, 6.07) is 1.36. The Hall–Kier alpha value is -1.67. The molecule has 0 fully saturated rings. The molecule has 0 radical (unpaired) electrons. The summed E-state index contributed by atoms with van der Waals surface area (Å²) in [4.78, 5) is 22.6. The van der Waals surface area contributed by atoms with E-state index in [1.54, 1.807) is 31.2 Å². The van der Waals surface area contributed by atoms with Gasteiger partial charge < -0.3 is 4.90 Å². The fraction of sp³-hybridized carbons (Fsp3) is 0.438. The van der Waals surface area contributed by atoms with Crippen molar-refractivity contribution in [3.05, 3.63) is 30.5 Å². The molecule has 2 heterocycles. The second-order valence-electron chi connectivity index (χ2n) is 6.05. The lowest BCUT2D eigenvalue weighted by atomic mass is 9.94. The summed E-state index contributed by atoms with van der Waals surface area (Å²) in [5.41, 5.74) is -0.163. The number of rotatable bonds is 6. The monoisotopic (exact) mass is 369 g/mol. The molecule has 2 rings (SSSR count). The number of hydrogen-bond donors (Lipinski definition) is 0. The molecule has 0 saturated heterocycles. The maximum absolute atomic E-state index is 13.3. The average molecular weight is 369 g/mol. The third-order valence-electron chi connectivity index (χ3n) is 3.42. The number of nitrogens with zero attached hydrogens (tertiary/aromatic N) is 3. The lowest BCUT2D eigenvalue weighted by Gasteiger charge is -2.29. The molecule has 0 N–H and O–H groups in total. The minimum Gasteiger partial charge on any atom is -0.302 e. The number of carbonyl (C=O) groups excluding carboxylic acids is 1. The Morgan fingerprint density at radius 1 is 1.38 bits per heavy atom. The molecular formula is C16H20FN3O2S2. The van der Waals surface area contributed by atoms with Gasteiger partial charge in [-0.1, -0.05) is 25.2 Å². The summed E-state index contributed by atoms with van der Waals surface area (Å²) in [6.07, 6.45) is 5.86. The van der Waals surface area contributed by atoms with E-state index in [9.17, 15) is 13.4 Å². The van der Waals surface area contributed by atoms with Gasteiger partial charge in [-0.2, -0.15) is 0 Å². The first-order chi connectivity index (χ1) is 11.2. The number of carbonyl (C=O) groups is 1. The van der Waals surface area contributed by atoms with E-state index in [2.05, 4.69) is 9.97 Å². The summed E-state index contributed by atoms with van der Waals surface area (Å²) in [5, 5.41) is 1.27. The molecular weight excluding hydrogens is 349 g/mol. The smallest absolute Gasteiger partial charge is 0.234 e.